The highest BCUT2D eigenvalue weighted by molar-refractivity contribution is 6.00. The first-order chi connectivity index (χ1) is 10.7. The molecule has 1 aromatic carbocycles. The van der Waals surface area contributed by atoms with Crippen LogP contribution in [0.5, 0.6) is 0 Å². The fourth-order valence-electron chi connectivity index (χ4n) is 1.94. The van der Waals surface area contributed by atoms with Crippen molar-refractivity contribution in [2.24, 2.45) is 0 Å². The topological polar surface area (TPSA) is 69.6 Å². The highest BCUT2D eigenvalue weighted by Crippen LogP contribution is 2.21. The molecule has 1 aliphatic rings. The standard InChI is InChI=1S/C13H16N2O.C2HF3O2/c1-3-13(16)15(2)12-5-4-10-6-7-14-9-11(10)8-12;3-2(4,5)1(6)7/h3-5,8,14H,1,6-7,9H2,2H3;(H,6,7). The number of carbonyl (C=O) groups is 2. The molecule has 8 heteroatoms. The van der Waals surface area contributed by atoms with Gasteiger partial charge in [-0.3, -0.25) is 4.79 Å². The average Bonchev–Trinajstić information content (AvgIpc) is 2.52. The molecule has 5 nitrogen and oxygen atoms in total. The molecule has 0 bridgehead atoms. The van der Waals surface area contributed by atoms with Crippen LogP contribution >= 0.6 is 0 Å². The summed E-state index contributed by atoms with van der Waals surface area (Å²) in [6, 6.07) is 6.17. The maximum atomic E-state index is 11.5. The quantitative estimate of drug-likeness (QED) is 0.815. The van der Waals surface area contributed by atoms with Crippen LogP contribution < -0.4 is 10.2 Å². The van der Waals surface area contributed by atoms with Crippen molar-refractivity contribution in [1.29, 1.82) is 0 Å². The molecule has 0 saturated carbocycles. The third-order valence-electron chi connectivity index (χ3n) is 3.21. The number of aliphatic carboxylic acids is 1. The van der Waals surface area contributed by atoms with Gasteiger partial charge in [-0.15, -0.1) is 0 Å². The van der Waals surface area contributed by atoms with Gasteiger partial charge in [-0.25, -0.2) is 4.79 Å². The van der Waals surface area contributed by atoms with E-state index in [-0.39, 0.29) is 5.91 Å². The predicted octanol–water partition coefficient (Wildman–Crippen LogP) is 2.11. The van der Waals surface area contributed by atoms with Gasteiger partial charge in [0, 0.05) is 19.3 Å². The molecule has 0 spiro atoms. The first kappa shape index (κ1) is 18.7. The smallest absolute Gasteiger partial charge is 0.475 e. The lowest BCUT2D eigenvalue weighted by atomic mass is 10.0. The molecule has 1 amide bonds. The summed E-state index contributed by atoms with van der Waals surface area (Å²) in [4.78, 5) is 22.0. The highest BCUT2D eigenvalue weighted by atomic mass is 19.4. The first-order valence-corrected chi connectivity index (χ1v) is 6.69. The zero-order valence-corrected chi connectivity index (χ0v) is 12.5. The Balaban J connectivity index is 0.000000322. The largest absolute Gasteiger partial charge is 0.490 e. The normalized spacial score (nSPS) is 13.2. The number of benzene rings is 1. The summed E-state index contributed by atoms with van der Waals surface area (Å²) in [5.41, 5.74) is 3.58. The number of hydrogen-bond acceptors (Lipinski definition) is 3. The monoisotopic (exact) mass is 330 g/mol. The molecule has 0 atom stereocenters. The van der Waals surface area contributed by atoms with Crippen LogP contribution in [0.4, 0.5) is 18.9 Å². The zero-order chi connectivity index (χ0) is 17.6. The Hall–Kier alpha value is -2.35. The zero-order valence-electron chi connectivity index (χ0n) is 12.5. The van der Waals surface area contributed by atoms with Gasteiger partial charge in [0.15, 0.2) is 0 Å². The number of amides is 1. The molecular weight excluding hydrogens is 313 g/mol. The number of nitrogens with zero attached hydrogens (tertiary/aromatic N) is 1. The number of halogens is 3. The number of nitrogens with one attached hydrogen (secondary N) is 1. The Morgan fingerprint density at radius 1 is 1.35 bits per heavy atom. The number of rotatable bonds is 2. The molecule has 0 aliphatic carbocycles. The van der Waals surface area contributed by atoms with Crippen molar-refractivity contribution in [1.82, 2.24) is 5.32 Å². The fourth-order valence-corrected chi connectivity index (χ4v) is 1.94. The molecule has 0 saturated heterocycles. The number of carbonyl (C=O) groups excluding carboxylic acids is 1. The van der Waals surface area contributed by atoms with E-state index in [9.17, 15) is 18.0 Å². The van der Waals surface area contributed by atoms with Gasteiger partial charge in [0.25, 0.3) is 0 Å². The van der Waals surface area contributed by atoms with Crippen LogP contribution in [0, 0.1) is 0 Å². The third-order valence-corrected chi connectivity index (χ3v) is 3.21. The van der Waals surface area contributed by atoms with Gasteiger partial charge < -0.3 is 15.3 Å². The lowest BCUT2D eigenvalue weighted by Crippen LogP contribution is -2.26. The van der Waals surface area contributed by atoms with Crippen LogP contribution in [0.1, 0.15) is 11.1 Å². The second-order valence-corrected chi connectivity index (χ2v) is 4.78. The van der Waals surface area contributed by atoms with E-state index >= 15 is 0 Å². The first-order valence-electron chi connectivity index (χ1n) is 6.69. The lowest BCUT2D eigenvalue weighted by Gasteiger charge is -2.21. The van der Waals surface area contributed by atoms with Gasteiger partial charge in [0.2, 0.25) is 5.91 Å². The van der Waals surface area contributed by atoms with Gasteiger partial charge in [-0.1, -0.05) is 12.6 Å². The van der Waals surface area contributed by atoms with Crippen molar-refractivity contribution in [3.05, 3.63) is 42.0 Å². The van der Waals surface area contributed by atoms with Gasteiger partial charge in [0.1, 0.15) is 0 Å². The minimum absolute atomic E-state index is 0.0799. The molecule has 0 fully saturated rings. The summed E-state index contributed by atoms with van der Waals surface area (Å²) >= 11 is 0. The number of likely N-dealkylation sites (N-methyl/N-ethyl adjacent to an activating group) is 1. The van der Waals surface area contributed by atoms with Crippen molar-refractivity contribution >= 4 is 17.6 Å². The molecule has 2 N–H and O–H groups in total. The number of carboxylic acid groups (broad SMARTS) is 1. The summed E-state index contributed by atoms with van der Waals surface area (Å²) in [5, 5.41) is 10.5. The van der Waals surface area contributed by atoms with Crippen LogP contribution in [0.25, 0.3) is 0 Å². The second-order valence-electron chi connectivity index (χ2n) is 4.78. The molecule has 0 unspecified atom stereocenters. The number of alkyl halides is 3. The van der Waals surface area contributed by atoms with Gasteiger partial charge in [-0.2, -0.15) is 13.2 Å². The number of anilines is 1. The Labute approximate surface area is 131 Å². The molecule has 126 valence electrons. The molecule has 0 aromatic heterocycles. The molecule has 0 radical (unpaired) electrons. The summed E-state index contributed by atoms with van der Waals surface area (Å²) in [6.45, 7) is 5.41. The summed E-state index contributed by atoms with van der Waals surface area (Å²) < 4.78 is 31.7. The second kappa shape index (κ2) is 7.77. The summed E-state index contributed by atoms with van der Waals surface area (Å²) in [7, 11) is 1.77. The minimum atomic E-state index is -5.08. The van der Waals surface area contributed by atoms with Crippen LogP contribution in [0.15, 0.2) is 30.9 Å². The molecule has 1 heterocycles. The molecular formula is C15H17F3N2O3. The van der Waals surface area contributed by atoms with E-state index in [0.29, 0.717) is 0 Å². The SMILES string of the molecule is C=CC(=O)N(C)c1ccc2c(c1)CNCC2.O=C(O)C(F)(F)F. The maximum absolute atomic E-state index is 11.5. The van der Waals surface area contributed by atoms with E-state index in [0.717, 1.165) is 25.2 Å². The van der Waals surface area contributed by atoms with Crippen molar-refractivity contribution in [2.45, 2.75) is 19.1 Å². The lowest BCUT2D eigenvalue weighted by molar-refractivity contribution is -0.192. The average molecular weight is 330 g/mol. The van der Waals surface area contributed by atoms with Crippen molar-refractivity contribution in [2.75, 3.05) is 18.5 Å². The van der Waals surface area contributed by atoms with E-state index in [1.165, 1.54) is 17.2 Å². The third kappa shape index (κ3) is 5.41. The van der Waals surface area contributed by atoms with Crippen LogP contribution in [-0.4, -0.2) is 36.8 Å². The Bertz CT molecular complexity index is 600. The minimum Gasteiger partial charge on any atom is -0.475 e. The number of hydrogen-bond donors (Lipinski definition) is 2. The summed E-state index contributed by atoms with van der Waals surface area (Å²) in [5.74, 6) is -2.84. The van der Waals surface area contributed by atoms with E-state index in [1.807, 2.05) is 6.07 Å². The van der Waals surface area contributed by atoms with Crippen LogP contribution in [0.3, 0.4) is 0 Å². The highest BCUT2D eigenvalue weighted by Gasteiger charge is 2.38. The van der Waals surface area contributed by atoms with Gasteiger partial charge >= 0.3 is 12.1 Å². The molecule has 23 heavy (non-hydrogen) atoms. The number of carboxylic acids is 1. The van der Waals surface area contributed by atoms with E-state index in [2.05, 4.69) is 24.0 Å². The summed E-state index contributed by atoms with van der Waals surface area (Å²) in [6.07, 6.45) is -2.69. The Morgan fingerprint density at radius 2 is 1.96 bits per heavy atom. The van der Waals surface area contributed by atoms with Gasteiger partial charge in [-0.05, 0) is 42.3 Å². The molecule has 2 rings (SSSR count). The number of fused-ring (bicyclic) bond motifs is 1. The van der Waals surface area contributed by atoms with Crippen molar-refractivity contribution in [3.8, 4) is 0 Å². The predicted molar refractivity (Wildman–Crippen MR) is 79.2 cm³/mol. The fraction of sp³-hybridized carbons (Fsp3) is 0.333. The Morgan fingerprint density at radius 3 is 2.48 bits per heavy atom. The van der Waals surface area contributed by atoms with E-state index < -0.39 is 12.1 Å². The van der Waals surface area contributed by atoms with Crippen LogP contribution in [-0.2, 0) is 22.6 Å². The Kier molecular flexibility index (Phi) is 6.32. The van der Waals surface area contributed by atoms with Crippen molar-refractivity contribution < 1.29 is 27.9 Å². The van der Waals surface area contributed by atoms with E-state index in [4.69, 9.17) is 9.90 Å². The maximum Gasteiger partial charge on any atom is 0.490 e. The molecule has 1 aliphatic heterocycles. The van der Waals surface area contributed by atoms with Gasteiger partial charge in [0.05, 0.1) is 0 Å². The van der Waals surface area contributed by atoms with Crippen molar-refractivity contribution in [3.63, 3.8) is 0 Å². The molecule has 1 aromatic rings. The van der Waals surface area contributed by atoms with Crippen LogP contribution in [0.2, 0.25) is 0 Å². The van der Waals surface area contributed by atoms with E-state index in [1.54, 1.807) is 11.9 Å².